The summed E-state index contributed by atoms with van der Waals surface area (Å²) >= 11 is 5.92. The summed E-state index contributed by atoms with van der Waals surface area (Å²) in [6.45, 7) is 0.886. The molecular formula is C15H16ClNO2. The molecule has 19 heavy (non-hydrogen) atoms. The van der Waals surface area contributed by atoms with Gasteiger partial charge in [0, 0.05) is 17.1 Å². The van der Waals surface area contributed by atoms with Crippen molar-refractivity contribution in [3.63, 3.8) is 0 Å². The second kappa shape index (κ2) is 6.45. The molecule has 2 aromatic rings. The first-order valence-electron chi connectivity index (χ1n) is 5.97. The molecule has 3 nitrogen and oxygen atoms in total. The second-order valence-electron chi connectivity index (χ2n) is 4.09. The van der Waals surface area contributed by atoms with E-state index in [9.17, 15) is 0 Å². The average Bonchev–Trinajstić information content (AvgIpc) is 2.46. The van der Waals surface area contributed by atoms with Gasteiger partial charge in [0.2, 0.25) is 0 Å². The largest absolute Gasteiger partial charge is 0.497 e. The van der Waals surface area contributed by atoms with Crippen LogP contribution in [0.15, 0.2) is 42.5 Å². The minimum atomic E-state index is 0.401. The van der Waals surface area contributed by atoms with E-state index in [1.165, 1.54) is 0 Å². The molecule has 0 spiro atoms. The maximum atomic E-state index is 5.92. The number of rotatable bonds is 5. The van der Waals surface area contributed by atoms with Crippen molar-refractivity contribution in [2.75, 3.05) is 7.11 Å². The number of hydrogen-bond donors (Lipinski definition) is 1. The highest BCUT2D eigenvalue weighted by Crippen LogP contribution is 2.23. The van der Waals surface area contributed by atoms with Crippen molar-refractivity contribution in [1.82, 2.24) is 0 Å². The van der Waals surface area contributed by atoms with E-state index in [0.29, 0.717) is 18.2 Å². The SMILES string of the molecule is COc1ccc(COc2ccc(Cl)cc2CN)cc1. The Bertz CT molecular complexity index is 540. The van der Waals surface area contributed by atoms with E-state index in [1.54, 1.807) is 13.2 Å². The minimum absolute atomic E-state index is 0.401. The van der Waals surface area contributed by atoms with E-state index in [-0.39, 0.29) is 0 Å². The smallest absolute Gasteiger partial charge is 0.124 e. The third-order valence-corrected chi connectivity index (χ3v) is 3.03. The zero-order valence-corrected chi connectivity index (χ0v) is 11.5. The van der Waals surface area contributed by atoms with Crippen LogP contribution < -0.4 is 15.2 Å². The van der Waals surface area contributed by atoms with Gasteiger partial charge < -0.3 is 15.2 Å². The molecule has 0 bridgehead atoms. The number of halogens is 1. The summed E-state index contributed by atoms with van der Waals surface area (Å²) in [5, 5.41) is 0.664. The van der Waals surface area contributed by atoms with Crippen molar-refractivity contribution in [1.29, 1.82) is 0 Å². The van der Waals surface area contributed by atoms with Gasteiger partial charge in [-0.15, -0.1) is 0 Å². The van der Waals surface area contributed by atoms with E-state index < -0.39 is 0 Å². The van der Waals surface area contributed by atoms with Crippen LogP contribution in [0.3, 0.4) is 0 Å². The molecule has 2 aromatic carbocycles. The molecular weight excluding hydrogens is 262 g/mol. The number of ether oxygens (including phenoxy) is 2. The second-order valence-corrected chi connectivity index (χ2v) is 4.53. The van der Waals surface area contributed by atoms with Crippen LogP contribution in [0.25, 0.3) is 0 Å². The Morgan fingerprint density at radius 3 is 2.47 bits per heavy atom. The molecule has 0 saturated heterocycles. The van der Waals surface area contributed by atoms with Gasteiger partial charge in [0.25, 0.3) is 0 Å². The van der Waals surface area contributed by atoms with Crippen LogP contribution >= 0.6 is 11.6 Å². The van der Waals surface area contributed by atoms with Crippen molar-refractivity contribution < 1.29 is 9.47 Å². The van der Waals surface area contributed by atoms with Gasteiger partial charge in [0.1, 0.15) is 18.1 Å². The number of hydrogen-bond acceptors (Lipinski definition) is 3. The zero-order valence-electron chi connectivity index (χ0n) is 10.7. The highest BCUT2D eigenvalue weighted by Gasteiger charge is 2.04. The summed E-state index contributed by atoms with van der Waals surface area (Å²) in [6, 6.07) is 13.2. The summed E-state index contributed by atoms with van der Waals surface area (Å²) in [4.78, 5) is 0. The molecule has 0 aliphatic heterocycles. The van der Waals surface area contributed by atoms with Crippen molar-refractivity contribution in [2.24, 2.45) is 5.73 Å². The minimum Gasteiger partial charge on any atom is -0.497 e. The Morgan fingerprint density at radius 1 is 1.11 bits per heavy atom. The molecule has 0 heterocycles. The molecule has 0 aromatic heterocycles. The highest BCUT2D eigenvalue weighted by atomic mass is 35.5. The lowest BCUT2D eigenvalue weighted by molar-refractivity contribution is 0.303. The van der Waals surface area contributed by atoms with Crippen LogP contribution in [0.2, 0.25) is 5.02 Å². The summed E-state index contributed by atoms with van der Waals surface area (Å²) in [7, 11) is 1.65. The highest BCUT2D eigenvalue weighted by molar-refractivity contribution is 6.30. The van der Waals surface area contributed by atoms with E-state index in [4.69, 9.17) is 26.8 Å². The number of methoxy groups -OCH3 is 1. The normalized spacial score (nSPS) is 10.3. The standard InChI is InChI=1S/C15H16ClNO2/c1-18-14-5-2-11(3-6-14)10-19-15-7-4-13(16)8-12(15)9-17/h2-8H,9-10,17H2,1H3. The predicted molar refractivity (Wildman–Crippen MR) is 76.7 cm³/mol. The molecule has 0 amide bonds. The van der Waals surface area contributed by atoms with Gasteiger partial charge in [0.15, 0.2) is 0 Å². The lowest BCUT2D eigenvalue weighted by Gasteiger charge is -2.11. The van der Waals surface area contributed by atoms with Gasteiger partial charge in [-0.25, -0.2) is 0 Å². The van der Waals surface area contributed by atoms with Crippen molar-refractivity contribution in [3.05, 3.63) is 58.6 Å². The first-order chi connectivity index (χ1) is 9.22. The lowest BCUT2D eigenvalue weighted by Crippen LogP contribution is -2.02. The quantitative estimate of drug-likeness (QED) is 0.911. The summed E-state index contributed by atoms with van der Waals surface area (Å²) in [5.41, 5.74) is 7.64. The van der Waals surface area contributed by atoms with E-state index >= 15 is 0 Å². The topological polar surface area (TPSA) is 44.5 Å². The Labute approximate surface area is 117 Å². The fourth-order valence-electron chi connectivity index (χ4n) is 1.73. The van der Waals surface area contributed by atoms with Gasteiger partial charge in [-0.3, -0.25) is 0 Å². The molecule has 2 N–H and O–H groups in total. The van der Waals surface area contributed by atoms with Gasteiger partial charge >= 0.3 is 0 Å². The van der Waals surface area contributed by atoms with E-state index in [0.717, 1.165) is 22.6 Å². The third-order valence-electron chi connectivity index (χ3n) is 2.80. The Hall–Kier alpha value is -1.71. The maximum absolute atomic E-state index is 5.92. The summed E-state index contributed by atoms with van der Waals surface area (Å²) in [5.74, 6) is 1.60. The summed E-state index contributed by atoms with van der Waals surface area (Å²) in [6.07, 6.45) is 0. The third kappa shape index (κ3) is 3.63. The van der Waals surface area contributed by atoms with Crippen molar-refractivity contribution in [3.8, 4) is 11.5 Å². The Kier molecular flexibility index (Phi) is 4.66. The molecule has 0 aliphatic carbocycles. The van der Waals surface area contributed by atoms with E-state index in [2.05, 4.69) is 0 Å². The van der Waals surface area contributed by atoms with Crippen molar-refractivity contribution in [2.45, 2.75) is 13.2 Å². The van der Waals surface area contributed by atoms with Crippen LogP contribution in [0.1, 0.15) is 11.1 Å². The molecule has 0 saturated carbocycles. The zero-order chi connectivity index (χ0) is 13.7. The lowest BCUT2D eigenvalue weighted by atomic mass is 10.2. The molecule has 100 valence electrons. The molecule has 2 rings (SSSR count). The van der Waals surface area contributed by atoms with Gasteiger partial charge in [-0.2, -0.15) is 0 Å². The Morgan fingerprint density at radius 2 is 1.84 bits per heavy atom. The van der Waals surface area contributed by atoms with Crippen LogP contribution in [0.4, 0.5) is 0 Å². The molecule has 4 heteroatoms. The fraction of sp³-hybridized carbons (Fsp3) is 0.200. The van der Waals surface area contributed by atoms with Crippen LogP contribution in [0.5, 0.6) is 11.5 Å². The average molecular weight is 278 g/mol. The first-order valence-corrected chi connectivity index (χ1v) is 6.35. The Balaban J connectivity index is 2.05. The van der Waals surface area contributed by atoms with E-state index in [1.807, 2.05) is 36.4 Å². The maximum Gasteiger partial charge on any atom is 0.124 e. The van der Waals surface area contributed by atoms with Crippen LogP contribution in [0, 0.1) is 0 Å². The van der Waals surface area contributed by atoms with Crippen LogP contribution in [-0.2, 0) is 13.2 Å². The van der Waals surface area contributed by atoms with Gasteiger partial charge in [-0.1, -0.05) is 23.7 Å². The van der Waals surface area contributed by atoms with Crippen molar-refractivity contribution >= 4 is 11.6 Å². The van der Waals surface area contributed by atoms with Crippen LogP contribution in [-0.4, -0.2) is 7.11 Å². The molecule has 0 aliphatic rings. The number of benzene rings is 2. The molecule has 0 atom stereocenters. The molecule has 0 radical (unpaired) electrons. The monoisotopic (exact) mass is 277 g/mol. The van der Waals surface area contributed by atoms with Gasteiger partial charge in [-0.05, 0) is 35.9 Å². The first kappa shape index (κ1) is 13.7. The molecule has 0 fully saturated rings. The number of nitrogens with two attached hydrogens (primary N) is 1. The fourth-order valence-corrected chi connectivity index (χ4v) is 1.93. The van der Waals surface area contributed by atoms with Gasteiger partial charge in [0.05, 0.1) is 7.11 Å². The summed E-state index contributed by atoms with van der Waals surface area (Å²) < 4.78 is 10.9. The predicted octanol–water partition coefficient (Wildman–Crippen LogP) is 3.39. The molecule has 0 unspecified atom stereocenters.